The molecule has 7 nitrogen and oxygen atoms in total. The number of thioether (sulfide) groups is 1. The first kappa shape index (κ1) is 18.1. The molecule has 1 amide bonds. The van der Waals surface area contributed by atoms with E-state index in [4.69, 9.17) is 9.47 Å². The number of carbonyl (C=O) groups excluding carboxylic acids is 1. The summed E-state index contributed by atoms with van der Waals surface area (Å²) in [4.78, 5) is 14.5. The molecule has 2 aromatic carbocycles. The fourth-order valence-electron chi connectivity index (χ4n) is 3.00. The lowest BCUT2D eigenvalue weighted by Crippen LogP contribution is -2.33. The van der Waals surface area contributed by atoms with Crippen molar-refractivity contribution in [2.45, 2.75) is 23.3 Å². The normalized spacial score (nSPS) is 15.5. The van der Waals surface area contributed by atoms with Crippen molar-refractivity contribution in [2.75, 3.05) is 24.0 Å². The number of hydrogen-bond donors (Lipinski definition) is 1. The molecule has 0 radical (unpaired) electrons. The molecular weight excluding hydrogens is 388 g/mol. The highest BCUT2D eigenvalue weighted by Gasteiger charge is 2.24. The molecule has 2 heterocycles. The first-order valence-electron chi connectivity index (χ1n) is 8.37. The average Bonchev–Trinajstić information content (AvgIpc) is 3.13. The standard InChI is InChI=1S/C18H18N2O5S2/c1-12(21)20-6-7-26-18-5-3-14(9-15(18)20)27(22,23)19-10-13-2-4-16-17(8-13)25-11-24-16/h2-5,8-9,19H,6-7,10-11H2,1H3. The SMILES string of the molecule is CC(=O)N1CCSc2ccc(S(=O)(=O)NCc3ccc4c(c3)OCO4)cc21. The van der Waals surface area contributed by atoms with E-state index in [1.165, 1.54) is 6.92 Å². The van der Waals surface area contributed by atoms with Gasteiger partial charge in [-0.1, -0.05) is 6.07 Å². The van der Waals surface area contributed by atoms with Crippen LogP contribution in [0.5, 0.6) is 11.5 Å². The predicted molar refractivity (Wildman–Crippen MR) is 102 cm³/mol. The summed E-state index contributed by atoms with van der Waals surface area (Å²) >= 11 is 1.62. The Balaban J connectivity index is 1.55. The molecule has 142 valence electrons. The van der Waals surface area contributed by atoms with Gasteiger partial charge in [-0.05, 0) is 35.9 Å². The van der Waals surface area contributed by atoms with E-state index >= 15 is 0 Å². The van der Waals surface area contributed by atoms with Crippen LogP contribution in [0.25, 0.3) is 0 Å². The van der Waals surface area contributed by atoms with Crippen molar-refractivity contribution in [3.05, 3.63) is 42.0 Å². The van der Waals surface area contributed by atoms with Crippen LogP contribution < -0.4 is 19.1 Å². The van der Waals surface area contributed by atoms with E-state index < -0.39 is 10.0 Å². The van der Waals surface area contributed by atoms with E-state index in [2.05, 4.69) is 4.72 Å². The summed E-state index contributed by atoms with van der Waals surface area (Å²) < 4.78 is 38.6. The zero-order valence-corrected chi connectivity index (χ0v) is 16.2. The van der Waals surface area contributed by atoms with E-state index in [0.29, 0.717) is 23.7 Å². The third-order valence-electron chi connectivity index (χ3n) is 4.39. The quantitative estimate of drug-likeness (QED) is 0.839. The third-order valence-corrected chi connectivity index (χ3v) is 6.83. The summed E-state index contributed by atoms with van der Waals surface area (Å²) in [6.45, 7) is 2.35. The third kappa shape index (κ3) is 3.62. The Morgan fingerprint density at radius 2 is 2.00 bits per heavy atom. The number of fused-ring (bicyclic) bond motifs is 2. The summed E-state index contributed by atoms with van der Waals surface area (Å²) in [7, 11) is -3.72. The van der Waals surface area contributed by atoms with Crippen molar-refractivity contribution in [1.82, 2.24) is 4.72 Å². The van der Waals surface area contributed by atoms with Crippen LogP contribution in [0, 0.1) is 0 Å². The highest BCUT2D eigenvalue weighted by molar-refractivity contribution is 7.99. The lowest BCUT2D eigenvalue weighted by molar-refractivity contribution is -0.116. The maximum atomic E-state index is 12.7. The maximum absolute atomic E-state index is 12.7. The van der Waals surface area contributed by atoms with Crippen molar-refractivity contribution < 1.29 is 22.7 Å². The zero-order valence-electron chi connectivity index (χ0n) is 14.6. The Labute approximate surface area is 161 Å². The Morgan fingerprint density at radius 3 is 2.81 bits per heavy atom. The second kappa shape index (κ2) is 7.06. The smallest absolute Gasteiger partial charge is 0.240 e. The second-order valence-corrected chi connectivity index (χ2v) is 9.06. The van der Waals surface area contributed by atoms with Gasteiger partial charge in [-0.2, -0.15) is 0 Å². The van der Waals surface area contributed by atoms with Gasteiger partial charge in [-0.15, -0.1) is 11.8 Å². The summed E-state index contributed by atoms with van der Waals surface area (Å²) in [5.74, 6) is 1.95. The van der Waals surface area contributed by atoms with Gasteiger partial charge in [0.1, 0.15) is 0 Å². The van der Waals surface area contributed by atoms with E-state index in [-0.39, 0.29) is 24.1 Å². The first-order chi connectivity index (χ1) is 12.9. The number of hydrogen-bond acceptors (Lipinski definition) is 6. The topological polar surface area (TPSA) is 84.9 Å². The molecule has 0 saturated heterocycles. The molecule has 27 heavy (non-hydrogen) atoms. The number of amides is 1. The predicted octanol–water partition coefficient (Wildman–Crippen LogP) is 2.35. The van der Waals surface area contributed by atoms with Crippen molar-refractivity contribution in [3.63, 3.8) is 0 Å². The molecule has 0 saturated carbocycles. The van der Waals surface area contributed by atoms with Gasteiger partial charge in [0.25, 0.3) is 0 Å². The number of anilines is 1. The molecule has 2 aromatic rings. The molecule has 0 bridgehead atoms. The summed E-state index contributed by atoms with van der Waals surface area (Å²) in [5, 5.41) is 0. The lowest BCUT2D eigenvalue weighted by atomic mass is 10.2. The second-order valence-electron chi connectivity index (χ2n) is 6.16. The van der Waals surface area contributed by atoms with E-state index in [0.717, 1.165) is 16.2 Å². The number of sulfonamides is 1. The molecule has 0 spiro atoms. The van der Waals surface area contributed by atoms with Crippen LogP contribution >= 0.6 is 11.8 Å². The van der Waals surface area contributed by atoms with Crippen LogP contribution in [0.1, 0.15) is 12.5 Å². The van der Waals surface area contributed by atoms with Gasteiger partial charge in [0.2, 0.25) is 22.7 Å². The van der Waals surface area contributed by atoms with Gasteiger partial charge >= 0.3 is 0 Å². The first-order valence-corrected chi connectivity index (χ1v) is 10.8. The molecule has 0 unspecified atom stereocenters. The van der Waals surface area contributed by atoms with Gasteiger partial charge in [0, 0.05) is 30.7 Å². The van der Waals surface area contributed by atoms with Crippen LogP contribution in [0.4, 0.5) is 5.69 Å². The Kier molecular flexibility index (Phi) is 4.75. The van der Waals surface area contributed by atoms with Crippen molar-refractivity contribution >= 4 is 33.4 Å². The largest absolute Gasteiger partial charge is 0.454 e. The fraction of sp³-hybridized carbons (Fsp3) is 0.278. The molecule has 0 fully saturated rings. The minimum atomic E-state index is -3.72. The molecule has 0 atom stereocenters. The van der Waals surface area contributed by atoms with E-state index in [1.54, 1.807) is 53.1 Å². The van der Waals surface area contributed by atoms with Crippen molar-refractivity contribution in [1.29, 1.82) is 0 Å². The Morgan fingerprint density at radius 1 is 1.19 bits per heavy atom. The average molecular weight is 406 g/mol. The number of benzene rings is 2. The highest BCUT2D eigenvalue weighted by atomic mass is 32.2. The molecule has 9 heteroatoms. The van der Waals surface area contributed by atoms with Gasteiger partial charge in [-0.3, -0.25) is 4.79 Å². The number of ether oxygens (including phenoxy) is 2. The molecule has 1 N–H and O–H groups in total. The summed E-state index contributed by atoms with van der Waals surface area (Å²) in [6, 6.07) is 10.2. The van der Waals surface area contributed by atoms with Crippen molar-refractivity contribution in [3.8, 4) is 11.5 Å². The highest BCUT2D eigenvalue weighted by Crippen LogP contribution is 2.36. The molecule has 0 aromatic heterocycles. The molecule has 4 rings (SSSR count). The zero-order chi connectivity index (χ0) is 19.0. The van der Waals surface area contributed by atoms with E-state index in [9.17, 15) is 13.2 Å². The van der Waals surface area contributed by atoms with Crippen molar-refractivity contribution in [2.24, 2.45) is 0 Å². The van der Waals surface area contributed by atoms with Crippen LogP contribution in [0.2, 0.25) is 0 Å². The monoisotopic (exact) mass is 406 g/mol. The number of nitrogens with one attached hydrogen (secondary N) is 1. The summed E-state index contributed by atoms with van der Waals surface area (Å²) in [6.07, 6.45) is 0. The Bertz CT molecular complexity index is 1010. The number of nitrogens with zero attached hydrogens (tertiary/aromatic N) is 1. The fourth-order valence-corrected chi connectivity index (χ4v) is 5.02. The number of rotatable bonds is 4. The summed E-state index contributed by atoms with van der Waals surface area (Å²) in [5.41, 5.74) is 1.41. The molecular formula is C18H18N2O5S2. The van der Waals surface area contributed by atoms with Crippen LogP contribution in [-0.2, 0) is 21.4 Å². The van der Waals surface area contributed by atoms with Crippen LogP contribution in [0.15, 0.2) is 46.2 Å². The minimum absolute atomic E-state index is 0.0978. The van der Waals surface area contributed by atoms with Crippen LogP contribution in [0.3, 0.4) is 0 Å². The minimum Gasteiger partial charge on any atom is -0.454 e. The molecule has 2 aliphatic rings. The van der Waals surface area contributed by atoms with Gasteiger partial charge < -0.3 is 14.4 Å². The Hall–Kier alpha value is -2.23. The van der Waals surface area contributed by atoms with Gasteiger partial charge in [0.05, 0.1) is 10.6 Å². The maximum Gasteiger partial charge on any atom is 0.240 e. The van der Waals surface area contributed by atoms with E-state index in [1.807, 2.05) is 0 Å². The number of carbonyl (C=O) groups is 1. The van der Waals surface area contributed by atoms with Gasteiger partial charge in [-0.25, -0.2) is 13.1 Å². The lowest BCUT2D eigenvalue weighted by Gasteiger charge is -2.28. The molecule has 0 aliphatic carbocycles. The van der Waals surface area contributed by atoms with Crippen LogP contribution in [-0.4, -0.2) is 33.4 Å². The van der Waals surface area contributed by atoms with Gasteiger partial charge in [0.15, 0.2) is 11.5 Å². The molecule has 2 aliphatic heterocycles.